The Kier molecular flexibility index (Phi) is 9.29. The molecule has 0 bridgehead atoms. The lowest BCUT2D eigenvalue weighted by Crippen LogP contribution is -2.53. The molecule has 3 aromatic carbocycles. The Morgan fingerprint density at radius 1 is 0.917 bits per heavy atom. The largest absolute Gasteiger partial charge is 0.352 e. The molecular formula is C30H32BrFN2O2. The smallest absolute Gasteiger partial charge is 0.243 e. The van der Waals surface area contributed by atoms with Crippen molar-refractivity contribution < 1.29 is 14.0 Å². The Balaban J connectivity index is 1.66. The number of nitrogens with zero attached hydrogens (tertiary/aromatic N) is 1. The maximum atomic E-state index is 14.5. The zero-order valence-corrected chi connectivity index (χ0v) is 21.9. The summed E-state index contributed by atoms with van der Waals surface area (Å²) in [6.45, 7) is 0.252. The lowest BCUT2D eigenvalue weighted by atomic mass is 9.94. The van der Waals surface area contributed by atoms with Crippen LogP contribution in [0.25, 0.3) is 0 Å². The van der Waals surface area contributed by atoms with Crippen molar-refractivity contribution in [3.8, 4) is 0 Å². The molecule has 36 heavy (non-hydrogen) atoms. The molecule has 0 aliphatic heterocycles. The molecule has 1 unspecified atom stereocenters. The van der Waals surface area contributed by atoms with Crippen LogP contribution in [0.1, 0.15) is 48.8 Å². The number of carbonyl (C=O) groups is 2. The fourth-order valence-electron chi connectivity index (χ4n) is 4.84. The van der Waals surface area contributed by atoms with Crippen LogP contribution >= 0.6 is 15.9 Å². The lowest BCUT2D eigenvalue weighted by molar-refractivity contribution is -0.141. The molecule has 2 amide bonds. The van der Waals surface area contributed by atoms with Crippen molar-refractivity contribution >= 4 is 27.7 Å². The molecule has 1 aliphatic rings. The first kappa shape index (κ1) is 26.1. The summed E-state index contributed by atoms with van der Waals surface area (Å²) in [5, 5.41) is 3.23. The first-order valence-corrected chi connectivity index (χ1v) is 13.4. The molecule has 0 heterocycles. The Bertz CT molecular complexity index is 1160. The van der Waals surface area contributed by atoms with E-state index in [0.717, 1.165) is 41.3 Å². The summed E-state index contributed by atoms with van der Waals surface area (Å²) in [5.74, 6) is -0.845. The van der Waals surface area contributed by atoms with E-state index in [1.807, 2.05) is 54.6 Å². The van der Waals surface area contributed by atoms with Gasteiger partial charge in [0, 0.05) is 23.5 Å². The van der Waals surface area contributed by atoms with E-state index in [-0.39, 0.29) is 30.8 Å². The molecule has 0 radical (unpaired) electrons. The SMILES string of the molecule is O=C(NC1CCCCC1)C(Cc1ccccc1)N(Cc1cccc(Br)c1)C(=O)Cc1ccccc1F. The minimum atomic E-state index is -0.715. The maximum Gasteiger partial charge on any atom is 0.243 e. The summed E-state index contributed by atoms with van der Waals surface area (Å²) in [7, 11) is 0. The predicted octanol–water partition coefficient (Wildman–Crippen LogP) is 6.22. The van der Waals surface area contributed by atoms with Crippen molar-refractivity contribution in [1.82, 2.24) is 10.2 Å². The second-order valence-corrected chi connectivity index (χ2v) is 10.4. The lowest BCUT2D eigenvalue weighted by Gasteiger charge is -2.33. The van der Waals surface area contributed by atoms with Crippen LogP contribution in [0.2, 0.25) is 0 Å². The van der Waals surface area contributed by atoms with Crippen LogP contribution in [0.4, 0.5) is 4.39 Å². The van der Waals surface area contributed by atoms with E-state index >= 15 is 0 Å². The predicted molar refractivity (Wildman–Crippen MR) is 144 cm³/mol. The minimum absolute atomic E-state index is 0.108. The van der Waals surface area contributed by atoms with Gasteiger partial charge in [-0.2, -0.15) is 0 Å². The van der Waals surface area contributed by atoms with Crippen LogP contribution < -0.4 is 5.32 Å². The maximum absolute atomic E-state index is 14.5. The highest BCUT2D eigenvalue weighted by atomic mass is 79.9. The van der Waals surface area contributed by atoms with Gasteiger partial charge in [-0.15, -0.1) is 0 Å². The van der Waals surface area contributed by atoms with E-state index < -0.39 is 11.9 Å². The molecule has 1 N–H and O–H groups in total. The van der Waals surface area contributed by atoms with Crippen molar-refractivity contribution in [3.05, 3.63) is 106 Å². The molecule has 0 spiro atoms. The molecule has 3 aromatic rings. The first-order valence-electron chi connectivity index (χ1n) is 12.6. The molecule has 1 atom stereocenters. The van der Waals surface area contributed by atoms with Gasteiger partial charge >= 0.3 is 0 Å². The molecule has 4 nitrogen and oxygen atoms in total. The standard InChI is InChI=1S/C30H32BrFN2O2/c31-25-14-9-12-23(18-25)21-34(29(35)20-24-13-7-8-17-27(24)32)28(19-22-10-3-1-4-11-22)30(36)33-26-15-5-2-6-16-26/h1,3-4,7-14,17-18,26,28H,2,5-6,15-16,19-21H2,(H,33,36). The van der Waals surface area contributed by atoms with Gasteiger partial charge in [0.1, 0.15) is 11.9 Å². The van der Waals surface area contributed by atoms with Crippen LogP contribution in [-0.4, -0.2) is 28.8 Å². The van der Waals surface area contributed by atoms with Gasteiger partial charge in [0.15, 0.2) is 0 Å². The number of benzene rings is 3. The van der Waals surface area contributed by atoms with E-state index in [2.05, 4.69) is 21.2 Å². The van der Waals surface area contributed by atoms with Crippen LogP contribution in [-0.2, 0) is 29.0 Å². The molecule has 1 saturated carbocycles. The Morgan fingerprint density at radius 2 is 1.61 bits per heavy atom. The van der Waals surface area contributed by atoms with Gasteiger partial charge in [0.25, 0.3) is 0 Å². The summed E-state index contributed by atoms with van der Waals surface area (Å²) in [6, 6.07) is 23.2. The summed E-state index contributed by atoms with van der Waals surface area (Å²) in [4.78, 5) is 29.1. The minimum Gasteiger partial charge on any atom is -0.352 e. The van der Waals surface area contributed by atoms with Gasteiger partial charge in [-0.1, -0.05) is 95.9 Å². The molecule has 6 heteroatoms. The van der Waals surface area contributed by atoms with Gasteiger partial charge in [-0.05, 0) is 47.7 Å². The molecule has 1 aliphatic carbocycles. The molecule has 188 valence electrons. The summed E-state index contributed by atoms with van der Waals surface area (Å²) in [6.07, 6.45) is 5.58. The Labute approximate surface area is 221 Å². The van der Waals surface area contributed by atoms with E-state index in [4.69, 9.17) is 0 Å². The first-order chi connectivity index (χ1) is 17.5. The second kappa shape index (κ2) is 12.8. The normalized spacial score (nSPS) is 14.7. The monoisotopic (exact) mass is 550 g/mol. The summed E-state index contributed by atoms with van der Waals surface area (Å²) >= 11 is 3.51. The number of rotatable bonds is 9. The highest BCUT2D eigenvalue weighted by Gasteiger charge is 2.32. The third-order valence-corrected chi connectivity index (χ3v) is 7.26. The zero-order chi connectivity index (χ0) is 25.3. The zero-order valence-electron chi connectivity index (χ0n) is 20.3. The van der Waals surface area contributed by atoms with Crippen molar-refractivity contribution in [2.45, 2.75) is 63.6 Å². The second-order valence-electron chi connectivity index (χ2n) is 9.47. The highest BCUT2D eigenvalue weighted by molar-refractivity contribution is 9.10. The molecule has 1 fully saturated rings. The van der Waals surface area contributed by atoms with Crippen LogP contribution in [0.15, 0.2) is 83.3 Å². The van der Waals surface area contributed by atoms with Crippen molar-refractivity contribution in [3.63, 3.8) is 0 Å². The quantitative estimate of drug-likeness (QED) is 0.343. The third kappa shape index (κ3) is 7.26. The van der Waals surface area contributed by atoms with Gasteiger partial charge in [-0.3, -0.25) is 9.59 Å². The van der Waals surface area contributed by atoms with Crippen molar-refractivity contribution in [2.75, 3.05) is 0 Å². The van der Waals surface area contributed by atoms with E-state index in [9.17, 15) is 14.0 Å². The van der Waals surface area contributed by atoms with Gasteiger partial charge < -0.3 is 10.2 Å². The van der Waals surface area contributed by atoms with Crippen LogP contribution in [0, 0.1) is 5.82 Å². The summed E-state index contributed by atoms with van der Waals surface area (Å²) < 4.78 is 15.3. The average molecular weight is 552 g/mol. The fraction of sp³-hybridized carbons (Fsp3) is 0.333. The van der Waals surface area contributed by atoms with E-state index in [1.165, 1.54) is 12.5 Å². The molecule has 0 aromatic heterocycles. The number of hydrogen-bond acceptors (Lipinski definition) is 2. The Morgan fingerprint density at radius 3 is 2.33 bits per heavy atom. The number of hydrogen-bond donors (Lipinski definition) is 1. The topological polar surface area (TPSA) is 49.4 Å². The Hall–Kier alpha value is -2.99. The average Bonchev–Trinajstić information content (AvgIpc) is 2.88. The molecular weight excluding hydrogens is 519 g/mol. The van der Waals surface area contributed by atoms with Crippen LogP contribution in [0.5, 0.6) is 0 Å². The number of amides is 2. The number of nitrogens with one attached hydrogen (secondary N) is 1. The van der Waals surface area contributed by atoms with Crippen molar-refractivity contribution in [1.29, 1.82) is 0 Å². The van der Waals surface area contributed by atoms with Gasteiger partial charge in [-0.25, -0.2) is 4.39 Å². The van der Waals surface area contributed by atoms with E-state index in [0.29, 0.717) is 12.0 Å². The molecule has 0 saturated heterocycles. The highest BCUT2D eigenvalue weighted by Crippen LogP contribution is 2.22. The third-order valence-electron chi connectivity index (χ3n) is 6.76. The van der Waals surface area contributed by atoms with Crippen molar-refractivity contribution in [2.24, 2.45) is 0 Å². The fourth-order valence-corrected chi connectivity index (χ4v) is 5.28. The number of carbonyl (C=O) groups excluding carboxylic acids is 2. The van der Waals surface area contributed by atoms with Crippen LogP contribution in [0.3, 0.4) is 0 Å². The summed E-state index contributed by atoms with van der Waals surface area (Å²) in [5.41, 5.74) is 2.20. The van der Waals surface area contributed by atoms with E-state index in [1.54, 1.807) is 23.1 Å². The molecule has 4 rings (SSSR count). The number of halogens is 2. The van der Waals surface area contributed by atoms with Gasteiger partial charge in [0.05, 0.1) is 6.42 Å². The van der Waals surface area contributed by atoms with Gasteiger partial charge in [0.2, 0.25) is 11.8 Å².